The van der Waals surface area contributed by atoms with E-state index in [0.717, 1.165) is 24.9 Å². The lowest BCUT2D eigenvalue weighted by molar-refractivity contribution is -0.132. The van der Waals surface area contributed by atoms with E-state index in [1.807, 2.05) is 4.90 Å². The summed E-state index contributed by atoms with van der Waals surface area (Å²) in [5.41, 5.74) is 0.759. The maximum absolute atomic E-state index is 13.1. The molecule has 0 spiro atoms. The summed E-state index contributed by atoms with van der Waals surface area (Å²) >= 11 is 0. The minimum Gasteiger partial charge on any atom is -0.339 e. The molecule has 1 aromatic carbocycles. The van der Waals surface area contributed by atoms with Crippen molar-refractivity contribution in [1.82, 2.24) is 4.90 Å². The van der Waals surface area contributed by atoms with E-state index >= 15 is 0 Å². The second-order valence-corrected chi connectivity index (χ2v) is 5.35. The van der Waals surface area contributed by atoms with Gasteiger partial charge in [0.1, 0.15) is 5.82 Å². The van der Waals surface area contributed by atoms with Gasteiger partial charge in [-0.25, -0.2) is 4.39 Å². The Hall–Kier alpha value is -1.38. The minimum absolute atomic E-state index is 0.122. The fraction of sp³-hybridized carbons (Fsp3) is 0.533. The van der Waals surface area contributed by atoms with E-state index in [0.29, 0.717) is 18.4 Å². The van der Waals surface area contributed by atoms with Gasteiger partial charge < -0.3 is 4.90 Å². The lowest BCUT2D eigenvalue weighted by Gasteiger charge is -2.27. The number of carbonyl (C=O) groups excluding carboxylic acids is 1. The molecule has 1 aliphatic heterocycles. The van der Waals surface area contributed by atoms with E-state index in [1.54, 1.807) is 12.1 Å². The molecular weight excluding hydrogens is 229 g/mol. The Labute approximate surface area is 108 Å². The van der Waals surface area contributed by atoms with Crippen molar-refractivity contribution >= 4 is 5.91 Å². The highest BCUT2D eigenvalue weighted by molar-refractivity contribution is 5.79. The number of hydrogen-bond acceptors (Lipinski definition) is 1. The van der Waals surface area contributed by atoms with Crippen LogP contribution in [0.25, 0.3) is 0 Å². The monoisotopic (exact) mass is 249 g/mol. The van der Waals surface area contributed by atoms with E-state index in [1.165, 1.54) is 12.1 Å². The first kappa shape index (κ1) is 13.1. The van der Waals surface area contributed by atoms with Crippen molar-refractivity contribution in [3.8, 4) is 0 Å². The van der Waals surface area contributed by atoms with Crippen LogP contribution in [0.1, 0.15) is 32.3 Å². The number of rotatable bonds is 3. The van der Waals surface area contributed by atoms with E-state index < -0.39 is 0 Å². The summed E-state index contributed by atoms with van der Waals surface area (Å²) < 4.78 is 13.1. The quantitative estimate of drug-likeness (QED) is 0.806. The second-order valence-electron chi connectivity index (χ2n) is 5.35. The molecule has 0 aliphatic carbocycles. The van der Waals surface area contributed by atoms with Crippen molar-refractivity contribution in [3.63, 3.8) is 0 Å². The molecule has 0 radical (unpaired) electrons. The third-order valence-electron chi connectivity index (χ3n) is 3.63. The summed E-state index contributed by atoms with van der Waals surface area (Å²) in [5.74, 6) is 0.336. The van der Waals surface area contributed by atoms with Crippen LogP contribution in [0.2, 0.25) is 0 Å². The Bertz CT molecular complexity index is 430. The first-order chi connectivity index (χ1) is 8.58. The first-order valence-corrected chi connectivity index (χ1v) is 6.62. The second kappa shape index (κ2) is 5.51. The Morgan fingerprint density at radius 2 is 2.28 bits per heavy atom. The normalized spacial score (nSPS) is 19.6. The number of likely N-dealkylation sites (tertiary alicyclic amines) is 1. The SMILES string of the molecule is CC(C)C1CCCN1C(=O)Cc1cccc(F)c1. The van der Waals surface area contributed by atoms with Gasteiger partial charge in [0.2, 0.25) is 5.91 Å². The molecule has 1 saturated heterocycles. The molecule has 3 heteroatoms. The number of nitrogens with zero attached hydrogens (tertiary/aromatic N) is 1. The maximum Gasteiger partial charge on any atom is 0.227 e. The van der Waals surface area contributed by atoms with E-state index in [9.17, 15) is 9.18 Å². The molecule has 1 atom stereocenters. The van der Waals surface area contributed by atoms with Crippen LogP contribution in [0.3, 0.4) is 0 Å². The molecule has 2 rings (SSSR count). The summed E-state index contributed by atoms with van der Waals surface area (Å²) in [6, 6.07) is 6.66. The summed E-state index contributed by atoms with van der Waals surface area (Å²) in [4.78, 5) is 14.2. The lowest BCUT2D eigenvalue weighted by Crippen LogP contribution is -2.39. The highest BCUT2D eigenvalue weighted by atomic mass is 19.1. The average Bonchev–Trinajstić information content (AvgIpc) is 2.77. The molecule has 1 heterocycles. The van der Waals surface area contributed by atoms with E-state index in [-0.39, 0.29) is 11.7 Å². The van der Waals surface area contributed by atoms with Gasteiger partial charge in [-0.2, -0.15) is 0 Å². The molecule has 1 fully saturated rings. The molecular formula is C15H20FNO. The third-order valence-corrected chi connectivity index (χ3v) is 3.63. The number of hydrogen-bond donors (Lipinski definition) is 0. The zero-order valence-corrected chi connectivity index (χ0v) is 11.0. The van der Waals surface area contributed by atoms with Crippen molar-refractivity contribution in [2.24, 2.45) is 5.92 Å². The third kappa shape index (κ3) is 2.89. The van der Waals surface area contributed by atoms with Gasteiger partial charge in [-0.15, -0.1) is 0 Å². The van der Waals surface area contributed by atoms with Crippen LogP contribution >= 0.6 is 0 Å². The molecule has 98 valence electrons. The van der Waals surface area contributed by atoms with Gasteiger partial charge in [0, 0.05) is 12.6 Å². The van der Waals surface area contributed by atoms with Crippen LogP contribution in [0.4, 0.5) is 4.39 Å². The Kier molecular flexibility index (Phi) is 4.00. The summed E-state index contributed by atoms with van der Waals surface area (Å²) in [7, 11) is 0. The number of halogens is 1. The zero-order valence-electron chi connectivity index (χ0n) is 11.0. The van der Waals surface area contributed by atoms with Crippen LogP contribution in [0.15, 0.2) is 24.3 Å². The van der Waals surface area contributed by atoms with Gasteiger partial charge in [0.25, 0.3) is 0 Å². The van der Waals surface area contributed by atoms with E-state index in [4.69, 9.17) is 0 Å². The fourth-order valence-corrected chi connectivity index (χ4v) is 2.72. The van der Waals surface area contributed by atoms with Crippen molar-refractivity contribution in [2.75, 3.05) is 6.54 Å². The summed E-state index contributed by atoms with van der Waals surface area (Å²) in [5, 5.41) is 0. The molecule has 1 aliphatic rings. The van der Waals surface area contributed by atoms with Gasteiger partial charge in [-0.05, 0) is 36.5 Å². The molecule has 1 aromatic rings. The molecule has 18 heavy (non-hydrogen) atoms. The van der Waals surface area contributed by atoms with Gasteiger partial charge in [-0.1, -0.05) is 26.0 Å². The Morgan fingerprint density at radius 3 is 2.94 bits per heavy atom. The number of amides is 1. The van der Waals surface area contributed by atoms with Gasteiger partial charge in [0.15, 0.2) is 0 Å². The molecule has 0 N–H and O–H groups in total. The van der Waals surface area contributed by atoms with Gasteiger partial charge >= 0.3 is 0 Å². The Balaban J connectivity index is 2.03. The summed E-state index contributed by atoms with van der Waals surface area (Å²) in [6.45, 7) is 5.15. The molecule has 0 aromatic heterocycles. The molecule has 1 unspecified atom stereocenters. The van der Waals surface area contributed by atoms with Crippen molar-refractivity contribution in [1.29, 1.82) is 0 Å². The van der Waals surface area contributed by atoms with Crippen molar-refractivity contribution in [2.45, 2.75) is 39.2 Å². The van der Waals surface area contributed by atoms with Crippen molar-refractivity contribution in [3.05, 3.63) is 35.6 Å². The predicted molar refractivity (Wildman–Crippen MR) is 69.7 cm³/mol. The minimum atomic E-state index is -0.276. The van der Waals surface area contributed by atoms with E-state index in [2.05, 4.69) is 13.8 Å². The first-order valence-electron chi connectivity index (χ1n) is 6.62. The number of carbonyl (C=O) groups is 1. The van der Waals surface area contributed by atoms with Crippen LogP contribution in [-0.4, -0.2) is 23.4 Å². The van der Waals surface area contributed by atoms with Crippen LogP contribution in [0.5, 0.6) is 0 Å². The molecule has 1 amide bonds. The van der Waals surface area contributed by atoms with Gasteiger partial charge in [-0.3, -0.25) is 4.79 Å². The molecule has 2 nitrogen and oxygen atoms in total. The topological polar surface area (TPSA) is 20.3 Å². The highest BCUT2D eigenvalue weighted by Crippen LogP contribution is 2.24. The summed E-state index contributed by atoms with van der Waals surface area (Å²) in [6.07, 6.45) is 2.48. The largest absolute Gasteiger partial charge is 0.339 e. The van der Waals surface area contributed by atoms with Crippen LogP contribution < -0.4 is 0 Å². The van der Waals surface area contributed by atoms with Crippen LogP contribution in [0, 0.1) is 11.7 Å². The molecule has 0 bridgehead atoms. The number of benzene rings is 1. The lowest BCUT2D eigenvalue weighted by atomic mass is 10.0. The fourth-order valence-electron chi connectivity index (χ4n) is 2.72. The van der Waals surface area contributed by atoms with Gasteiger partial charge in [0.05, 0.1) is 6.42 Å². The zero-order chi connectivity index (χ0) is 13.1. The Morgan fingerprint density at radius 1 is 1.50 bits per heavy atom. The van der Waals surface area contributed by atoms with Crippen molar-refractivity contribution < 1.29 is 9.18 Å². The standard InChI is InChI=1S/C15H20FNO/c1-11(2)14-7-4-8-17(14)15(18)10-12-5-3-6-13(16)9-12/h3,5-6,9,11,14H,4,7-8,10H2,1-2H3. The van der Waals surface area contributed by atoms with Crippen LogP contribution in [-0.2, 0) is 11.2 Å². The smallest absolute Gasteiger partial charge is 0.227 e. The average molecular weight is 249 g/mol. The predicted octanol–water partition coefficient (Wildman–Crippen LogP) is 3.02. The molecule has 0 saturated carbocycles. The highest BCUT2D eigenvalue weighted by Gasteiger charge is 2.30. The maximum atomic E-state index is 13.1.